The second-order valence-electron chi connectivity index (χ2n) is 5.40. The number of imidazole rings is 1. The molecule has 1 aliphatic carbocycles. The monoisotopic (exact) mass is 263 g/mol. The molecular weight excluding hydrogens is 242 g/mol. The van der Waals surface area contributed by atoms with E-state index in [1.807, 2.05) is 0 Å². The number of thiazole rings is 1. The molecule has 0 saturated heterocycles. The molecule has 1 aliphatic rings. The average molecular weight is 263 g/mol. The second-order valence-corrected chi connectivity index (χ2v) is 6.27. The van der Waals surface area contributed by atoms with Gasteiger partial charge < -0.3 is 5.32 Å². The Morgan fingerprint density at radius 1 is 1.44 bits per heavy atom. The normalized spacial score (nSPS) is 25.4. The van der Waals surface area contributed by atoms with Crippen molar-refractivity contribution in [1.29, 1.82) is 0 Å². The van der Waals surface area contributed by atoms with E-state index < -0.39 is 0 Å². The van der Waals surface area contributed by atoms with E-state index in [4.69, 9.17) is 4.98 Å². The molecule has 4 heteroatoms. The number of nitrogens with zero attached hydrogens (tertiary/aromatic N) is 2. The molecule has 3 nitrogen and oxygen atoms in total. The van der Waals surface area contributed by atoms with E-state index in [9.17, 15) is 0 Å². The third-order valence-electron chi connectivity index (χ3n) is 4.08. The van der Waals surface area contributed by atoms with Crippen LogP contribution in [-0.4, -0.2) is 22.5 Å². The van der Waals surface area contributed by atoms with Crippen molar-refractivity contribution < 1.29 is 0 Å². The maximum absolute atomic E-state index is 4.71. The summed E-state index contributed by atoms with van der Waals surface area (Å²) in [6, 6.07) is 0.709. The van der Waals surface area contributed by atoms with Crippen LogP contribution in [-0.2, 0) is 6.42 Å². The van der Waals surface area contributed by atoms with Crippen LogP contribution in [0, 0.1) is 5.92 Å². The fourth-order valence-electron chi connectivity index (χ4n) is 3.08. The highest BCUT2D eigenvalue weighted by molar-refractivity contribution is 7.15. The van der Waals surface area contributed by atoms with E-state index in [0.29, 0.717) is 6.04 Å². The van der Waals surface area contributed by atoms with Crippen molar-refractivity contribution in [2.45, 2.75) is 44.6 Å². The van der Waals surface area contributed by atoms with Crippen LogP contribution in [0.1, 0.15) is 37.8 Å². The van der Waals surface area contributed by atoms with Gasteiger partial charge in [0, 0.05) is 23.8 Å². The fourth-order valence-corrected chi connectivity index (χ4v) is 3.80. The van der Waals surface area contributed by atoms with Crippen molar-refractivity contribution >= 4 is 16.3 Å². The maximum Gasteiger partial charge on any atom is 0.193 e. The minimum absolute atomic E-state index is 0.709. The first-order valence-corrected chi connectivity index (χ1v) is 7.81. The molecule has 1 N–H and O–H groups in total. The molecule has 1 fully saturated rings. The Kier molecular flexibility index (Phi) is 3.66. The summed E-state index contributed by atoms with van der Waals surface area (Å²) in [5.74, 6) is 0.801. The van der Waals surface area contributed by atoms with Crippen molar-refractivity contribution in [3.8, 4) is 0 Å². The molecule has 2 unspecified atom stereocenters. The molecular formula is C14H21N3S. The maximum atomic E-state index is 4.71. The Balaban J connectivity index is 1.69. The van der Waals surface area contributed by atoms with Crippen LogP contribution in [0.3, 0.4) is 0 Å². The highest BCUT2D eigenvalue weighted by Crippen LogP contribution is 2.26. The van der Waals surface area contributed by atoms with Crippen LogP contribution in [0.2, 0.25) is 0 Å². The van der Waals surface area contributed by atoms with E-state index in [-0.39, 0.29) is 0 Å². The Labute approximate surface area is 112 Å². The van der Waals surface area contributed by atoms with Gasteiger partial charge in [-0.05, 0) is 32.2 Å². The lowest BCUT2D eigenvalue weighted by Gasteiger charge is -2.18. The van der Waals surface area contributed by atoms with Crippen LogP contribution < -0.4 is 5.32 Å². The number of nitrogens with one attached hydrogen (secondary N) is 1. The lowest BCUT2D eigenvalue weighted by molar-refractivity contribution is 0.398. The first-order chi connectivity index (χ1) is 8.85. The zero-order chi connectivity index (χ0) is 12.4. The van der Waals surface area contributed by atoms with E-state index in [0.717, 1.165) is 17.3 Å². The SMILES string of the molecule is CNC1CCCCC(Cc2cn3ccsc3n2)C1. The first kappa shape index (κ1) is 12.2. The highest BCUT2D eigenvalue weighted by Gasteiger charge is 2.20. The summed E-state index contributed by atoms with van der Waals surface area (Å²) in [5, 5.41) is 5.55. The van der Waals surface area contributed by atoms with Gasteiger partial charge in [-0.3, -0.25) is 4.40 Å². The molecule has 1 saturated carbocycles. The summed E-state index contributed by atoms with van der Waals surface area (Å²) in [6.07, 6.45) is 12.2. The summed E-state index contributed by atoms with van der Waals surface area (Å²) in [7, 11) is 2.10. The molecule has 0 bridgehead atoms. The molecule has 2 heterocycles. The van der Waals surface area contributed by atoms with Crippen molar-refractivity contribution in [2.75, 3.05) is 7.05 Å². The van der Waals surface area contributed by atoms with Gasteiger partial charge in [0.1, 0.15) is 0 Å². The molecule has 0 spiro atoms. The molecule has 0 aromatic carbocycles. The van der Waals surface area contributed by atoms with Gasteiger partial charge in [-0.1, -0.05) is 19.3 Å². The Morgan fingerprint density at radius 3 is 3.17 bits per heavy atom. The quantitative estimate of drug-likeness (QED) is 0.862. The minimum atomic E-state index is 0.709. The molecule has 3 rings (SSSR count). The summed E-state index contributed by atoms with van der Waals surface area (Å²) in [6.45, 7) is 0. The van der Waals surface area contributed by atoms with Crippen LogP contribution >= 0.6 is 11.3 Å². The molecule has 0 aliphatic heterocycles. The molecule has 0 radical (unpaired) electrons. The average Bonchev–Trinajstić information content (AvgIpc) is 2.84. The van der Waals surface area contributed by atoms with E-state index >= 15 is 0 Å². The topological polar surface area (TPSA) is 29.3 Å². The van der Waals surface area contributed by atoms with Crippen molar-refractivity contribution in [3.63, 3.8) is 0 Å². The van der Waals surface area contributed by atoms with Gasteiger partial charge in [0.25, 0.3) is 0 Å². The van der Waals surface area contributed by atoms with Gasteiger partial charge in [-0.25, -0.2) is 4.98 Å². The predicted molar refractivity (Wildman–Crippen MR) is 76.2 cm³/mol. The smallest absolute Gasteiger partial charge is 0.193 e. The van der Waals surface area contributed by atoms with Gasteiger partial charge in [0.15, 0.2) is 4.96 Å². The minimum Gasteiger partial charge on any atom is -0.317 e. The standard InChI is InChI=1S/C14H21N3S/c1-15-12-5-3-2-4-11(8-12)9-13-10-17-6-7-18-14(17)16-13/h6-7,10-12,15H,2-5,8-9H2,1H3. The van der Waals surface area contributed by atoms with Gasteiger partial charge >= 0.3 is 0 Å². The van der Waals surface area contributed by atoms with Crippen LogP contribution in [0.25, 0.3) is 4.96 Å². The molecule has 0 amide bonds. The van der Waals surface area contributed by atoms with E-state index in [2.05, 4.69) is 34.5 Å². The zero-order valence-corrected chi connectivity index (χ0v) is 11.7. The molecule has 2 atom stereocenters. The van der Waals surface area contributed by atoms with E-state index in [1.54, 1.807) is 11.3 Å². The Morgan fingerprint density at radius 2 is 2.33 bits per heavy atom. The molecule has 2 aromatic rings. The molecule has 98 valence electrons. The first-order valence-electron chi connectivity index (χ1n) is 6.93. The third kappa shape index (κ3) is 2.59. The van der Waals surface area contributed by atoms with Crippen LogP contribution in [0.5, 0.6) is 0 Å². The van der Waals surface area contributed by atoms with Crippen LogP contribution in [0.4, 0.5) is 0 Å². The Bertz CT molecular complexity index is 473. The summed E-state index contributed by atoms with van der Waals surface area (Å²) in [5.41, 5.74) is 1.27. The highest BCUT2D eigenvalue weighted by atomic mass is 32.1. The van der Waals surface area contributed by atoms with Crippen molar-refractivity contribution in [2.24, 2.45) is 5.92 Å². The van der Waals surface area contributed by atoms with Crippen molar-refractivity contribution in [3.05, 3.63) is 23.5 Å². The summed E-state index contributed by atoms with van der Waals surface area (Å²) < 4.78 is 2.15. The summed E-state index contributed by atoms with van der Waals surface area (Å²) >= 11 is 1.72. The predicted octanol–water partition coefficient (Wildman–Crippen LogP) is 3.11. The summed E-state index contributed by atoms with van der Waals surface area (Å²) in [4.78, 5) is 5.84. The second kappa shape index (κ2) is 5.41. The number of fused-ring (bicyclic) bond motifs is 1. The third-order valence-corrected chi connectivity index (χ3v) is 4.85. The Hall–Kier alpha value is -0.870. The fraction of sp³-hybridized carbons (Fsp3) is 0.643. The number of hydrogen-bond acceptors (Lipinski definition) is 3. The van der Waals surface area contributed by atoms with Gasteiger partial charge in [0.2, 0.25) is 0 Å². The van der Waals surface area contributed by atoms with Gasteiger partial charge in [0.05, 0.1) is 5.69 Å². The van der Waals surface area contributed by atoms with Crippen molar-refractivity contribution in [1.82, 2.24) is 14.7 Å². The van der Waals surface area contributed by atoms with Crippen LogP contribution in [0.15, 0.2) is 17.8 Å². The van der Waals surface area contributed by atoms with Gasteiger partial charge in [-0.2, -0.15) is 0 Å². The number of rotatable bonds is 3. The molecule has 2 aromatic heterocycles. The number of aromatic nitrogens is 2. The molecule has 18 heavy (non-hydrogen) atoms. The lowest BCUT2D eigenvalue weighted by Crippen LogP contribution is -2.26. The van der Waals surface area contributed by atoms with Gasteiger partial charge in [-0.15, -0.1) is 11.3 Å². The lowest BCUT2D eigenvalue weighted by atomic mass is 9.93. The zero-order valence-electron chi connectivity index (χ0n) is 10.9. The number of hydrogen-bond donors (Lipinski definition) is 1. The largest absolute Gasteiger partial charge is 0.317 e. The van der Waals surface area contributed by atoms with E-state index in [1.165, 1.54) is 37.8 Å².